The number of pyridine rings is 1. The Bertz CT molecular complexity index is 1330. The molecule has 0 saturated heterocycles. The molecule has 0 spiro atoms. The van der Waals surface area contributed by atoms with Gasteiger partial charge in [0, 0.05) is 24.2 Å². The minimum Gasteiger partial charge on any atom is -0.255 e. The highest BCUT2D eigenvalue weighted by atomic mass is 14.9. The van der Waals surface area contributed by atoms with Crippen molar-refractivity contribution in [3.8, 4) is 11.8 Å². The van der Waals surface area contributed by atoms with Crippen LogP contribution in [0.25, 0.3) is 6.08 Å². The molecule has 0 fully saturated rings. The predicted molar refractivity (Wildman–Crippen MR) is 150 cm³/mol. The van der Waals surface area contributed by atoms with Gasteiger partial charge in [0.25, 0.3) is 0 Å². The Morgan fingerprint density at radius 3 is 2.60 bits per heavy atom. The third-order valence-electron chi connectivity index (χ3n) is 4.95. The monoisotopic (exact) mass is 456 g/mol. The van der Waals surface area contributed by atoms with Gasteiger partial charge >= 0.3 is 0 Å². The smallest absolute Gasteiger partial charge is 0.113 e. The van der Waals surface area contributed by atoms with E-state index in [-0.39, 0.29) is 0 Å². The molecule has 3 rings (SSSR count). The maximum absolute atomic E-state index is 4.84. The quantitative estimate of drug-likeness (QED) is 0.333. The Labute approximate surface area is 208 Å². The largest absolute Gasteiger partial charge is 0.255 e. The molecular formula is C31H28N4. The highest BCUT2D eigenvalue weighted by Crippen LogP contribution is 2.14. The van der Waals surface area contributed by atoms with Crippen LogP contribution in [0.5, 0.6) is 0 Å². The van der Waals surface area contributed by atoms with Crippen molar-refractivity contribution in [3.05, 3.63) is 132 Å². The van der Waals surface area contributed by atoms with E-state index in [9.17, 15) is 0 Å². The Morgan fingerprint density at radius 1 is 1.09 bits per heavy atom. The lowest BCUT2D eigenvalue weighted by Crippen LogP contribution is -2.03. The van der Waals surface area contributed by atoms with Gasteiger partial charge in [-0.25, -0.2) is 9.98 Å². The first-order chi connectivity index (χ1) is 17.1. The SMILES string of the molecule is C=CN=C(C=C)C(=C/C)/N=C(\C=C\c1ccc(C#Cc2ccc(C)cc2)nc1)C1=CCC=CC=N1. The summed E-state index contributed by atoms with van der Waals surface area (Å²) in [5.41, 5.74) is 6.64. The summed E-state index contributed by atoms with van der Waals surface area (Å²) in [5.74, 6) is 6.26. The Hall–Kier alpha value is -4.62. The second-order valence-corrected chi connectivity index (χ2v) is 7.53. The lowest BCUT2D eigenvalue weighted by molar-refractivity contribution is 1.28. The zero-order valence-electron chi connectivity index (χ0n) is 20.1. The zero-order valence-corrected chi connectivity index (χ0v) is 20.1. The van der Waals surface area contributed by atoms with Crippen LogP contribution in [0.3, 0.4) is 0 Å². The minimum atomic E-state index is 0.642. The van der Waals surface area contributed by atoms with Gasteiger partial charge in [-0.2, -0.15) is 0 Å². The lowest BCUT2D eigenvalue weighted by Gasteiger charge is -2.06. The molecule has 0 amide bonds. The van der Waals surface area contributed by atoms with E-state index in [1.165, 1.54) is 11.8 Å². The average molecular weight is 457 g/mol. The van der Waals surface area contributed by atoms with Crippen molar-refractivity contribution in [2.75, 3.05) is 0 Å². The highest BCUT2D eigenvalue weighted by molar-refractivity contribution is 6.16. The summed E-state index contributed by atoms with van der Waals surface area (Å²) in [7, 11) is 0. The molecule has 4 heteroatoms. The van der Waals surface area contributed by atoms with E-state index in [0.717, 1.165) is 23.2 Å². The maximum atomic E-state index is 4.84. The van der Waals surface area contributed by atoms with Gasteiger partial charge in [0.15, 0.2) is 0 Å². The molecule has 1 aliphatic rings. The van der Waals surface area contributed by atoms with Crippen LogP contribution in [-0.2, 0) is 0 Å². The number of nitrogens with zero attached hydrogens (tertiary/aromatic N) is 4. The van der Waals surface area contributed by atoms with E-state index in [4.69, 9.17) is 4.99 Å². The molecule has 2 aromatic rings. The van der Waals surface area contributed by atoms with E-state index < -0.39 is 0 Å². The van der Waals surface area contributed by atoms with Gasteiger partial charge in [-0.15, -0.1) is 0 Å². The molecule has 0 radical (unpaired) electrons. The second-order valence-electron chi connectivity index (χ2n) is 7.53. The van der Waals surface area contributed by atoms with E-state index in [0.29, 0.717) is 22.8 Å². The molecule has 0 saturated carbocycles. The van der Waals surface area contributed by atoms with Crippen LogP contribution >= 0.6 is 0 Å². The van der Waals surface area contributed by atoms with E-state index in [2.05, 4.69) is 59.0 Å². The predicted octanol–water partition coefficient (Wildman–Crippen LogP) is 6.83. The number of aliphatic imine (C=N–C) groups is 3. The van der Waals surface area contributed by atoms with Gasteiger partial charge in [0.05, 0.1) is 22.8 Å². The van der Waals surface area contributed by atoms with Crippen LogP contribution in [0.15, 0.2) is 125 Å². The van der Waals surface area contributed by atoms with Gasteiger partial charge in [0.1, 0.15) is 5.69 Å². The van der Waals surface area contributed by atoms with Crippen LogP contribution in [0, 0.1) is 18.8 Å². The van der Waals surface area contributed by atoms with Crippen molar-refractivity contribution in [3.63, 3.8) is 0 Å². The Morgan fingerprint density at radius 2 is 1.91 bits per heavy atom. The van der Waals surface area contributed by atoms with Gasteiger partial charge in [-0.05, 0) is 68.2 Å². The minimum absolute atomic E-state index is 0.642. The topological polar surface area (TPSA) is 50.0 Å². The first kappa shape index (κ1) is 25.0. The van der Waals surface area contributed by atoms with Crippen molar-refractivity contribution in [2.45, 2.75) is 20.3 Å². The van der Waals surface area contributed by atoms with Gasteiger partial charge < -0.3 is 0 Å². The molecule has 4 nitrogen and oxygen atoms in total. The van der Waals surface area contributed by atoms with Crippen LogP contribution in [0.1, 0.15) is 35.7 Å². The molecule has 0 atom stereocenters. The fourth-order valence-corrected chi connectivity index (χ4v) is 3.09. The molecule has 2 heterocycles. The van der Waals surface area contributed by atoms with Gasteiger partial charge in [0.2, 0.25) is 0 Å². The number of aryl methyl sites for hydroxylation is 1. The third kappa shape index (κ3) is 7.73. The number of hydrogen-bond acceptors (Lipinski definition) is 4. The van der Waals surface area contributed by atoms with E-state index >= 15 is 0 Å². The van der Waals surface area contributed by atoms with Crippen LogP contribution in [-0.4, -0.2) is 22.6 Å². The highest BCUT2D eigenvalue weighted by Gasteiger charge is 2.07. The van der Waals surface area contributed by atoms with E-state index in [1.54, 1.807) is 18.5 Å². The molecule has 35 heavy (non-hydrogen) atoms. The fraction of sp³-hybridized carbons (Fsp3) is 0.0968. The molecular weight excluding hydrogens is 428 g/mol. The fourth-order valence-electron chi connectivity index (χ4n) is 3.09. The van der Waals surface area contributed by atoms with Crippen molar-refractivity contribution in [2.24, 2.45) is 15.0 Å². The molecule has 0 bridgehead atoms. The number of aromatic nitrogens is 1. The summed E-state index contributed by atoms with van der Waals surface area (Å²) in [6.07, 6.45) is 19.3. The van der Waals surface area contributed by atoms with Crippen molar-refractivity contribution in [1.29, 1.82) is 0 Å². The maximum Gasteiger partial charge on any atom is 0.113 e. The van der Waals surface area contributed by atoms with Crippen molar-refractivity contribution >= 4 is 23.7 Å². The number of allylic oxidation sites excluding steroid dienone is 6. The second kappa shape index (κ2) is 13.2. The molecule has 172 valence electrons. The number of benzene rings is 1. The number of rotatable bonds is 7. The Balaban J connectivity index is 1.88. The molecule has 0 aliphatic carbocycles. The summed E-state index contributed by atoms with van der Waals surface area (Å²) >= 11 is 0. The van der Waals surface area contributed by atoms with Crippen LogP contribution in [0.4, 0.5) is 0 Å². The number of hydrogen-bond donors (Lipinski definition) is 0. The van der Waals surface area contributed by atoms with Crippen LogP contribution < -0.4 is 0 Å². The Kier molecular flexibility index (Phi) is 9.42. The summed E-state index contributed by atoms with van der Waals surface area (Å²) in [6, 6.07) is 12.0. The first-order valence-corrected chi connectivity index (χ1v) is 11.3. The third-order valence-corrected chi connectivity index (χ3v) is 4.95. The normalized spacial score (nSPS) is 14.2. The molecule has 1 aliphatic heterocycles. The molecule has 1 aromatic heterocycles. The molecule has 0 N–H and O–H groups in total. The van der Waals surface area contributed by atoms with Crippen LogP contribution in [0.2, 0.25) is 0 Å². The molecule has 1 aromatic carbocycles. The standard InChI is InChI=1S/C31H28N4/c1-5-28(32-7-3)29(6-2)35-31(30-11-9-8-10-22-33-30)21-18-26-17-20-27(34-23-26)19-16-25-14-12-24(4)13-15-25/h5-8,10-15,17-18,20-23H,1,3,9H2,2,4H3/b21-18+,29-6-,32-28?,35-31+. The summed E-state index contributed by atoms with van der Waals surface area (Å²) in [6.45, 7) is 11.5. The van der Waals surface area contributed by atoms with E-state index in [1.807, 2.05) is 67.6 Å². The summed E-state index contributed by atoms with van der Waals surface area (Å²) in [4.78, 5) is 18.1. The van der Waals surface area contributed by atoms with Crippen molar-refractivity contribution < 1.29 is 0 Å². The summed E-state index contributed by atoms with van der Waals surface area (Å²) in [5, 5.41) is 0. The average Bonchev–Trinajstić information content (AvgIpc) is 3.18. The van der Waals surface area contributed by atoms with Gasteiger partial charge in [-0.3, -0.25) is 9.98 Å². The summed E-state index contributed by atoms with van der Waals surface area (Å²) < 4.78 is 0. The zero-order chi connectivity index (χ0) is 24.9. The lowest BCUT2D eigenvalue weighted by atomic mass is 10.1. The van der Waals surface area contributed by atoms with Crippen molar-refractivity contribution in [1.82, 2.24) is 4.98 Å². The molecule has 0 unspecified atom stereocenters. The first-order valence-electron chi connectivity index (χ1n) is 11.3. The van der Waals surface area contributed by atoms with Gasteiger partial charge in [-0.1, -0.05) is 67.1 Å².